The Morgan fingerprint density at radius 3 is 2.52 bits per heavy atom. The molecule has 3 rings (SSSR count). The second-order valence-electron chi connectivity index (χ2n) is 5.32. The smallest absolute Gasteiger partial charge is 0.221 e. The number of nitrogens with zero attached hydrogens (tertiary/aromatic N) is 1. The second-order valence-corrected chi connectivity index (χ2v) is 6.18. The molecule has 0 saturated heterocycles. The van der Waals surface area contributed by atoms with E-state index in [-0.39, 0.29) is 11.7 Å². The minimum atomic E-state index is -0.226. The first kappa shape index (κ1) is 15.2. The van der Waals surface area contributed by atoms with Crippen molar-refractivity contribution in [2.45, 2.75) is 13.8 Å². The maximum atomic E-state index is 11.2. The molecule has 0 aliphatic carbocycles. The van der Waals surface area contributed by atoms with E-state index in [0.29, 0.717) is 5.69 Å². The molecule has 1 heterocycles. The number of phenolic OH excluding ortho intramolecular Hbond substituents is 1. The van der Waals surface area contributed by atoms with Gasteiger partial charge in [-0.1, -0.05) is 29.8 Å². The number of hydrogen-bond acceptors (Lipinski definition) is 4. The Morgan fingerprint density at radius 2 is 1.83 bits per heavy atom. The van der Waals surface area contributed by atoms with Crippen LogP contribution in [0.15, 0.2) is 47.8 Å². The topological polar surface area (TPSA) is 62.2 Å². The van der Waals surface area contributed by atoms with Crippen molar-refractivity contribution in [2.24, 2.45) is 0 Å². The van der Waals surface area contributed by atoms with Crippen LogP contribution in [0.2, 0.25) is 0 Å². The number of phenols is 1. The summed E-state index contributed by atoms with van der Waals surface area (Å²) in [7, 11) is 0. The lowest BCUT2D eigenvalue weighted by Crippen LogP contribution is -2.05. The molecular weight excluding hydrogens is 308 g/mol. The molecule has 116 valence electrons. The summed E-state index contributed by atoms with van der Waals surface area (Å²) >= 11 is 1.57. The van der Waals surface area contributed by atoms with Crippen LogP contribution in [-0.4, -0.2) is 16.0 Å². The summed E-state index contributed by atoms with van der Waals surface area (Å²) in [4.78, 5) is 15.8. The lowest BCUT2D eigenvalue weighted by atomic mass is 10.1. The number of amides is 1. The SMILES string of the molecule is CC(=O)Nc1cc(-c2csc(-c3ccc(C)cc3)n2)ccc1O. The number of thiazole rings is 1. The number of nitrogens with one attached hydrogen (secondary N) is 1. The molecule has 2 aromatic carbocycles. The zero-order valence-corrected chi connectivity index (χ0v) is 13.6. The van der Waals surface area contributed by atoms with Crippen LogP contribution in [0.25, 0.3) is 21.8 Å². The number of aryl methyl sites for hydroxylation is 1. The first-order chi connectivity index (χ1) is 11.0. The molecule has 0 spiro atoms. The molecule has 1 aromatic heterocycles. The van der Waals surface area contributed by atoms with Crippen molar-refractivity contribution >= 4 is 22.9 Å². The van der Waals surface area contributed by atoms with E-state index in [0.717, 1.165) is 21.8 Å². The highest BCUT2D eigenvalue weighted by molar-refractivity contribution is 7.13. The van der Waals surface area contributed by atoms with E-state index in [1.165, 1.54) is 12.5 Å². The molecule has 0 atom stereocenters. The minimum Gasteiger partial charge on any atom is -0.506 e. The fraction of sp³-hybridized carbons (Fsp3) is 0.111. The molecule has 0 aliphatic rings. The number of aromatic nitrogens is 1. The van der Waals surface area contributed by atoms with Crippen molar-refractivity contribution in [3.63, 3.8) is 0 Å². The lowest BCUT2D eigenvalue weighted by Gasteiger charge is -2.06. The molecule has 0 bridgehead atoms. The summed E-state index contributed by atoms with van der Waals surface area (Å²) < 4.78 is 0. The Bertz CT molecular complexity index is 854. The van der Waals surface area contributed by atoms with E-state index in [4.69, 9.17) is 0 Å². The van der Waals surface area contributed by atoms with Crippen LogP contribution in [0, 0.1) is 6.92 Å². The molecule has 5 heteroatoms. The Balaban J connectivity index is 1.94. The van der Waals surface area contributed by atoms with Gasteiger partial charge in [-0.05, 0) is 25.1 Å². The predicted octanol–water partition coefficient (Wildman–Crippen LogP) is 4.45. The highest BCUT2D eigenvalue weighted by atomic mass is 32.1. The number of aromatic hydroxyl groups is 1. The van der Waals surface area contributed by atoms with E-state index in [9.17, 15) is 9.90 Å². The van der Waals surface area contributed by atoms with E-state index < -0.39 is 0 Å². The molecule has 0 aliphatic heterocycles. The normalized spacial score (nSPS) is 10.5. The van der Waals surface area contributed by atoms with Gasteiger partial charge in [-0.2, -0.15) is 0 Å². The third-order valence-electron chi connectivity index (χ3n) is 3.41. The Morgan fingerprint density at radius 1 is 1.13 bits per heavy atom. The minimum absolute atomic E-state index is 0.0398. The van der Waals surface area contributed by atoms with Gasteiger partial charge in [-0.15, -0.1) is 11.3 Å². The first-order valence-electron chi connectivity index (χ1n) is 7.16. The number of benzene rings is 2. The Kier molecular flexibility index (Phi) is 4.12. The quantitative estimate of drug-likeness (QED) is 0.700. The molecule has 3 aromatic rings. The van der Waals surface area contributed by atoms with E-state index in [1.54, 1.807) is 29.5 Å². The summed E-state index contributed by atoms with van der Waals surface area (Å²) in [5, 5.41) is 15.3. The van der Waals surface area contributed by atoms with Crippen molar-refractivity contribution in [3.05, 3.63) is 53.4 Å². The average Bonchev–Trinajstić information content (AvgIpc) is 2.99. The van der Waals surface area contributed by atoms with Gasteiger partial charge < -0.3 is 10.4 Å². The van der Waals surface area contributed by atoms with Crippen LogP contribution in [0.4, 0.5) is 5.69 Å². The molecule has 0 radical (unpaired) electrons. The molecule has 23 heavy (non-hydrogen) atoms. The largest absolute Gasteiger partial charge is 0.506 e. The van der Waals surface area contributed by atoms with Gasteiger partial charge in [0.15, 0.2) is 0 Å². The summed E-state index contributed by atoms with van der Waals surface area (Å²) in [6, 6.07) is 13.3. The third-order valence-corrected chi connectivity index (χ3v) is 4.30. The van der Waals surface area contributed by atoms with Crippen molar-refractivity contribution in [1.82, 2.24) is 4.98 Å². The number of anilines is 1. The van der Waals surface area contributed by atoms with E-state index in [1.807, 2.05) is 5.38 Å². The Labute approximate surface area is 138 Å². The zero-order chi connectivity index (χ0) is 16.4. The van der Waals surface area contributed by atoms with Gasteiger partial charge in [0.05, 0.1) is 11.4 Å². The summed E-state index contributed by atoms with van der Waals surface area (Å²) in [5.74, 6) is -0.186. The highest BCUT2D eigenvalue weighted by Crippen LogP contribution is 2.33. The summed E-state index contributed by atoms with van der Waals surface area (Å²) in [5.41, 5.74) is 4.34. The van der Waals surface area contributed by atoms with Gasteiger partial charge in [0.25, 0.3) is 0 Å². The summed E-state index contributed by atoms with van der Waals surface area (Å²) in [6.07, 6.45) is 0. The standard InChI is InChI=1S/C18H16N2O2S/c1-11-3-5-13(6-4-11)18-20-16(10-23-18)14-7-8-17(22)15(9-14)19-12(2)21/h3-10,22H,1-2H3,(H,19,21). The number of carbonyl (C=O) groups is 1. The van der Waals surface area contributed by atoms with Crippen LogP contribution in [0.5, 0.6) is 5.75 Å². The van der Waals surface area contributed by atoms with Gasteiger partial charge in [0.2, 0.25) is 5.91 Å². The van der Waals surface area contributed by atoms with Crippen LogP contribution < -0.4 is 5.32 Å². The maximum absolute atomic E-state index is 11.2. The second kappa shape index (κ2) is 6.22. The highest BCUT2D eigenvalue weighted by Gasteiger charge is 2.10. The van der Waals surface area contributed by atoms with Gasteiger partial charge in [0, 0.05) is 23.4 Å². The molecule has 0 unspecified atom stereocenters. The zero-order valence-electron chi connectivity index (χ0n) is 12.8. The average molecular weight is 324 g/mol. The van der Waals surface area contributed by atoms with Crippen LogP contribution in [0.3, 0.4) is 0 Å². The van der Waals surface area contributed by atoms with E-state index >= 15 is 0 Å². The van der Waals surface area contributed by atoms with Crippen LogP contribution >= 0.6 is 11.3 Å². The Hall–Kier alpha value is -2.66. The van der Waals surface area contributed by atoms with Gasteiger partial charge >= 0.3 is 0 Å². The van der Waals surface area contributed by atoms with Crippen molar-refractivity contribution in [1.29, 1.82) is 0 Å². The fourth-order valence-corrected chi connectivity index (χ4v) is 3.06. The summed E-state index contributed by atoms with van der Waals surface area (Å²) in [6.45, 7) is 3.46. The molecular formula is C18H16N2O2S. The van der Waals surface area contributed by atoms with Gasteiger partial charge in [0.1, 0.15) is 10.8 Å². The monoisotopic (exact) mass is 324 g/mol. The van der Waals surface area contributed by atoms with Crippen molar-refractivity contribution in [3.8, 4) is 27.6 Å². The maximum Gasteiger partial charge on any atom is 0.221 e. The van der Waals surface area contributed by atoms with E-state index in [2.05, 4.69) is 41.5 Å². The molecule has 0 saturated carbocycles. The number of hydrogen-bond donors (Lipinski definition) is 2. The van der Waals surface area contributed by atoms with Gasteiger partial charge in [-0.25, -0.2) is 4.98 Å². The fourth-order valence-electron chi connectivity index (χ4n) is 2.22. The number of carbonyl (C=O) groups excluding carboxylic acids is 1. The van der Waals surface area contributed by atoms with Crippen molar-refractivity contribution < 1.29 is 9.90 Å². The van der Waals surface area contributed by atoms with Gasteiger partial charge in [-0.3, -0.25) is 4.79 Å². The van der Waals surface area contributed by atoms with Crippen LogP contribution in [0.1, 0.15) is 12.5 Å². The number of rotatable bonds is 3. The third kappa shape index (κ3) is 3.40. The van der Waals surface area contributed by atoms with Crippen molar-refractivity contribution in [2.75, 3.05) is 5.32 Å². The van der Waals surface area contributed by atoms with Crippen LogP contribution in [-0.2, 0) is 4.79 Å². The molecule has 2 N–H and O–H groups in total. The molecule has 4 nitrogen and oxygen atoms in total. The first-order valence-corrected chi connectivity index (χ1v) is 8.04. The molecule has 1 amide bonds. The lowest BCUT2D eigenvalue weighted by molar-refractivity contribution is -0.114. The predicted molar refractivity (Wildman–Crippen MR) is 93.7 cm³/mol. The molecule has 0 fully saturated rings.